The molecule has 0 unspecified atom stereocenters. The number of benzene rings is 2. The molecule has 152 valence electrons. The Balaban J connectivity index is 1.75. The number of ether oxygens (including phenoxy) is 3. The number of nitrogens with zero attached hydrogens (tertiary/aromatic N) is 1. The first-order chi connectivity index (χ1) is 14.0. The first-order valence-electron chi connectivity index (χ1n) is 8.99. The average Bonchev–Trinajstić information content (AvgIpc) is 2.76. The summed E-state index contributed by atoms with van der Waals surface area (Å²) in [6.45, 7) is 0.675. The van der Waals surface area contributed by atoms with Gasteiger partial charge in [-0.3, -0.25) is 9.59 Å². The number of methoxy groups -OCH3 is 3. The number of hydrogen-bond acceptors (Lipinski definition) is 6. The third-order valence-corrected chi connectivity index (χ3v) is 4.78. The molecule has 8 nitrogen and oxygen atoms in total. The number of esters is 1. The van der Waals surface area contributed by atoms with Gasteiger partial charge in [0.15, 0.2) is 11.5 Å². The van der Waals surface area contributed by atoms with Gasteiger partial charge in [-0.25, -0.2) is 4.79 Å². The summed E-state index contributed by atoms with van der Waals surface area (Å²) in [6.07, 6.45) is 0.591. The Hall–Kier alpha value is -3.55. The van der Waals surface area contributed by atoms with Gasteiger partial charge in [0, 0.05) is 13.1 Å². The van der Waals surface area contributed by atoms with E-state index in [1.807, 2.05) is 12.1 Å². The summed E-state index contributed by atoms with van der Waals surface area (Å²) >= 11 is 0. The molecule has 0 fully saturated rings. The lowest BCUT2D eigenvalue weighted by molar-refractivity contribution is -0.143. The summed E-state index contributed by atoms with van der Waals surface area (Å²) in [5.74, 6) is -0.892. The van der Waals surface area contributed by atoms with Crippen molar-refractivity contribution in [1.29, 1.82) is 0 Å². The Morgan fingerprint density at radius 1 is 0.966 bits per heavy atom. The minimum atomic E-state index is -0.815. The molecule has 2 amide bonds. The second-order valence-electron chi connectivity index (χ2n) is 6.44. The summed E-state index contributed by atoms with van der Waals surface area (Å²) in [7, 11) is 4.36. The van der Waals surface area contributed by atoms with Gasteiger partial charge in [0.25, 0.3) is 0 Å². The second-order valence-corrected chi connectivity index (χ2v) is 6.44. The maximum absolute atomic E-state index is 12.7. The van der Waals surface area contributed by atoms with Crippen molar-refractivity contribution in [2.45, 2.75) is 13.0 Å². The number of carbonyl (C=O) groups is 3. The van der Waals surface area contributed by atoms with Crippen molar-refractivity contribution in [1.82, 2.24) is 4.90 Å². The average molecular weight is 398 g/mol. The van der Waals surface area contributed by atoms with Gasteiger partial charge < -0.3 is 24.4 Å². The Morgan fingerprint density at radius 2 is 1.62 bits per heavy atom. The first kappa shape index (κ1) is 20.2. The third kappa shape index (κ3) is 4.16. The second kappa shape index (κ2) is 8.64. The molecule has 0 spiro atoms. The highest BCUT2D eigenvalue weighted by atomic mass is 16.5. The highest BCUT2D eigenvalue weighted by Crippen LogP contribution is 2.33. The van der Waals surface area contributed by atoms with Crippen molar-refractivity contribution in [2.75, 3.05) is 33.2 Å². The topological polar surface area (TPSA) is 94.2 Å². The van der Waals surface area contributed by atoms with Gasteiger partial charge in [-0.2, -0.15) is 0 Å². The van der Waals surface area contributed by atoms with Crippen LogP contribution in [0.25, 0.3) is 0 Å². The zero-order valence-corrected chi connectivity index (χ0v) is 16.5. The zero-order valence-electron chi connectivity index (χ0n) is 16.5. The molecule has 0 atom stereocenters. The summed E-state index contributed by atoms with van der Waals surface area (Å²) in [4.78, 5) is 38.5. The highest BCUT2D eigenvalue weighted by molar-refractivity contribution is 6.39. The fourth-order valence-corrected chi connectivity index (χ4v) is 3.26. The van der Waals surface area contributed by atoms with Gasteiger partial charge in [0.2, 0.25) is 0 Å². The standard InChI is InChI=1S/C21H22N2O6/c1-27-17-10-13-8-9-23(12-14(13)11-18(17)28-2)20(25)19(24)22-16-7-5-4-6-15(16)21(26)29-3/h4-7,10-11H,8-9,12H2,1-3H3,(H,22,24). The Morgan fingerprint density at radius 3 is 2.28 bits per heavy atom. The number of fused-ring (bicyclic) bond motifs is 1. The third-order valence-electron chi connectivity index (χ3n) is 4.78. The number of hydrogen-bond donors (Lipinski definition) is 1. The van der Waals surface area contributed by atoms with E-state index >= 15 is 0 Å². The maximum Gasteiger partial charge on any atom is 0.339 e. The van der Waals surface area contributed by atoms with E-state index in [1.54, 1.807) is 32.4 Å². The number of rotatable bonds is 4. The van der Waals surface area contributed by atoms with Crippen molar-refractivity contribution in [3.8, 4) is 11.5 Å². The first-order valence-corrected chi connectivity index (χ1v) is 8.99. The molecule has 0 saturated carbocycles. The van der Waals surface area contributed by atoms with E-state index < -0.39 is 17.8 Å². The molecule has 1 heterocycles. The molecule has 2 aromatic rings. The molecule has 0 saturated heterocycles. The molecule has 1 aliphatic rings. The lowest BCUT2D eigenvalue weighted by Gasteiger charge is -2.29. The molecule has 1 N–H and O–H groups in total. The SMILES string of the molecule is COC(=O)c1ccccc1NC(=O)C(=O)N1CCc2cc(OC)c(OC)cc2C1. The minimum Gasteiger partial charge on any atom is -0.493 e. The fraction of sp³-hybridized carbons (Fsp3) is 0.286. The predicted octanol–water partition coefficient (Wildman–Crippen LogP) is 2.01. The minimum absolute atomic E-state index is 0.178. The van der Waals surface area contributed by atoms with Crippen LogP contribution in [0.5, 0.6) is 11.5 Å². The molecule has 0 bridgehead atoms. The van der Waals surface area contributed by atoms with Crippen LogP contribution >= 0.6 is 0 Å². The van der Waals surface area contributed by atoms with Crippen LogP contribution in [-0.2, 0) is 27.3 Å². The van der Waals surface area contributed by atoms with Crippen molar-refractivity contribution < 1.29 is 28.6 Å². The predicted molar refractivity (Wildman–Crippen MR) is 105 cm³/mol. The van der Waals surface area contributed by atoms with Gasteiger partial charge in [-0.15, -0.1) is 0 Å². The molecule has 1 aliphatic heterocycles. The van der Waals surface area contributed by atoms with E-state index in [0.29, 0.717) is 24.5 Å². The molecule has 0 aromatic heterocycles. The number of amides is 2. The van der Waals surface area contributed by atoms with Crippen LogP contribution in [0.2, 0.25) is 0 Å². The Kier molecular flexibility index (Phi) is 6.01. The number of nitrogens with one attached hydrogen (secondary N) is 1. The van der Waals surface area contributed by atoms with Gasteiger partial charge >= 0.3 is 17.8 Å². The van der Waals surface area contributed by atoms with Gasteiger partial charge in [-0.1, -0.05) is 12.1 Å². The van der Waals surface area contributed by atoms with E-state index in [0.717, 1.165) is 11.1 Å². The van der Waals surface area contributed by atoms with Crippen LogP contribution in [0.3, 0.4) is 0 Å². The van der Waals surface area contributed by atoms with E-state index in [1.165, 1.54) is 18.1 Å². The lowest BCUT2D eigenvalue weighted by Crippen LogP contribution is -2.42. The highest BCUT2D eigenvalue weighted by Gasteiger charge is 2.28. The molecule has 8 heteroatoms. The van der Waals surface area contributed by atoms with Crippen molar-refractivity contribution in [3.63, 3.8) is 0 Å². The van der Waals surface area contributed by atoms with E-state index in [2.05, 4.69) is 5.32 Å². The normalized spacial score (nSPS) is 12.6. The number of para-hydroxylation sites is 1. The molecule has 0 aliphatic carbocycles. The van der Waals surface area contributed by atoms with Crippen LogP contribution < -0.4 is 14.8 Å². The van der Waals surface area contributed by atoms with Crippen LogP contribution in [0.4, 0.5) is 5.69 Å². The van der Waals surface area contributed by atoms with Crippen molar-refractivity contribution in [2.24, 2.45) is 0 Å². The monoisotopic (exact) mass is 398 g/mol. The van der Waals surface area contributed by atoms with Crippen molar-refractivity contribution in [3.05, 3.63) is 53.1 Å². The number of carbonyl (C=O) groups excluding carboxylic acids is 3. The molecular weight excluding hydrogens is 376 g/mol. The van der Waals surface area contributed by atoms with Gasteiger partial charge in [0.1, 0.15) is 0 Å². The molecule has 0 radical (unpaired) electrons. The Bertz CT molecular complexity index is 956. The maximum atomic E-state index is 12.7. The van der Waals surface area contributed by atoms with Crippen LogP contribution in [-0.4, -0.2) is 50.6 Å². The smallest absolute Gasteiger partial charge is 0.339 e. The fourth-order valence-electron chi connectivity index (χ4n) is 3.26. The summed E-state index contributed by atoms with van der Waals surface area (Å²) < 4.78 is 15.3. The lowest BCUT2D eigenvalue weighted by atomic mass is 9.98. The van der Waals surface area contributed by atoms with E-state index in [-0.39, 0.29) is 17.8 Å². The van der Waals surface area contributed by atoms with Crippen LogP contribution in [0.15, 0.2) is 36.4 Å². The largest absolute Gasteiger partial charge is 0.493 e. The molecule has 29 heavy (non-hydrogen) atoms. The van der Waals surface area contributed by atoms with Crippen LogP contribution in [0.1, 0.15) is 21.5 Å². The zero-order chi connectivity index (χ0) is 21.0. The Labute approximate surface area is 168 Å². The molecular formula is C21H22N2O6. The quantitative estimate of drug-likeness (QED) is 0.626. The molecule has 2 aromatic carbocycles. The van der Waals surface area contributed by atoms with Crippen LogP contribution in [0, 0.1) is 0 Å². The van der Waals surface area contributed by atoms with Crippen molar-refractivity contribution >= 4 is 23.5 Å². The van der Waals surface area contributed by atoms with Gasteiger partial charge in [-0.05, 0) is 41.8 Å². The van der Waals surface area contributed by atoms with E-state index in [4.69, 9.17) is 14.2 Å². The summed E-state index contributed by atoms with van der Waals surface area (Å²) in [5.41, 5.74) is 2.34. The summed E-state index contributed by atoms with van der Waals surface area (Å²) in [5, 5.41) is 2.51. The van der Waals surface area contributed by atoms with Gasteiger partial charge in [0.05, 0.1) is 32.6 Å². The molecule has 3 rings (SSSR count). The summed E-state index contributed by atoms with van der Waals surface area (Å²) in [6, 6.07) is 10.1. The number of anilines is 1. The van der Waals surface area contributed by atoms with E-state index in [9.17, 15) is 14.4 Å².